The number of carbonyl (C=O) groups excluding carboxylic acids is 1. The zero-order chi connectivity index (χ0) is 13.1. The van der Waals surface area contributed by atoms with Crippen LogP contribution in [0.25, 0.3) is 0 Å². The number of aryl methyl sites for hydroxylation is 1. The van der Waals surface area contributed by atoms with Gasteiger partial charge in [-0.1, -0.05) is 11.6 Å². The Kier molecular flexibility index (Phi) is 4.53. The molecule has 0 fully saturated rings. The molecule has 0 bridgehead atoms. The van der Waals surface area contributed by atoms with Crippen molar-refractivity contribution in [2.24, 2.45) is 0 Å². The molecule has 0 radical (unpaired) electrons. The van der Waals surface area contributed by atoms with Gasteiger partial charge in [-0.2, -0.15) is 18.3 Å². The maximum atomic E-state index is 11.9. The minimum absolute atomic E-state index is 0.129. The average molecular weight is 270 g/mol. The summed E-state index contributed by atoms with van der Waals surface area (Å²) in [5.41, 5.74) is 0.129. The molecule has 8 heteroatoms. The van der Waals surface area contributed by atoms with Crippen LogP contribution in [0.1, 0.15) is 17.4 Å². The number of Topliss-reactive ketones (excluding diaryl/α,β-unsaturated/α-hetero) is 1. The minimum atomic E-state index is -4.34. The summed E-state index contributed by atoms with van der Waals surface area (Å²) >= 11 is 5.73. The molecule has 0 amide bonds. The maximum Gasteiger partial charge on any atom is 0.401 e. The number of nitrogens with one attached hydrogen (secondary N) is 1. The van der Waals surface area contributed by atoms with E-state index in [1.54, 1.807) is 6.92 Å². The second-order valence-electron chi connectivity index (χ2n) is 3.30. The third-order valence-corrected chi connectivity index (χ3v) is 2.25. The molecule has 1 heterocycles. The predicted molar refractivity (Wildman–Crippen MR) is 56.2 cm³/mol. The molecule has 17 heavy (non-hydrogen) atoms. The topological polar surface area (TPSA) is 46.9 Å². The van der Waals surface area contributed by atoms with Crippen LogP contribution in [0.5, 0.6) is 0 Å². The van der Waals surface area contributed by atoms with Crippen LogP contribution in [-0.2, 0) is 6.54 Å². The van der Waals surface area contributed by atoms with Crippen molar-refractivity contribution in [3.63, 3.8) is 0 Å². The number of hydrogen-bond donors (Lipinski definition) is 1. The number of rotatable bonds is 5. The summed E-state index contributed by atoms with van der Waals surface area (Å²) in [6, 6.07) is 0. The first-order valence-electron chi connectivity index (χ1n) is 4.87. The van der Waals surface area contributed by atoms with Crippen molar-refractivity contribution in [1.29, 1.82) is 0 Å². The van der Waals surface area contributed by atoms with E-state index in [-0.39, 0.29) is 10.7 Å². The first kappa shape index (κ1) is 14.0. The van der Waals surface area contributed by atoms with E-state index in [1.807, 2.05) is 5.32 Å². The normalized spacial score (nSPS) is 11.8. The highest BCUT2D eigenvalue weighted by molar-refractivity contribution is 6.33. The van der Waals surface area contributed by atoms with E-state index in [4.69, 9.17) is 11.6 Å². The molecular formula is C9H11ClF3N3O. The second kappa shape index (κ2) is 5.50. The number of aromatic nitrogens is 2. The largest absolute Gasteiger partial charge is 0.401 e. The fourth-order valence-corrected chi connectivity index (χ4v) is 1.53. The number of nitrogens with zero attached hydrogens (tertiary/aromatic N) is 2. The summed E-state index contributed by atoms with van der Waals surface area (Å²) in [5.74, 6) is -0.515. The maximum absolute atomic E-state index is 11.9. The Morgan fingerprint density at radius 1 is 1.59 bits per heavy atom. The zero-order valence-corrected chi connectivity index (χ0v) is 9.77. The van der Waals surface area contributed by atoms with Crippen molar-refractivity contribution in [2.45, 2.75) is 19.6 Å². The molecule has 1 rings (SSSR count). The predicted octanol–water partition coefficient (Wildman–Crippen LogP) is 1.89. The highest BCUT2D eigenvalue weighted by Crippen LogP contribution is 2.16. The smallest absolute Gasteiger partial charge is 0.301 e. The summed E-state index contributed by atoms with van der Waals surface area (Å²) in [6.07, 6.45) is -3.04. The van der Waals surface area contributed by atoms with Crippen molar-refractivity contribution in [3.8, 4) is 0 Å². The molecular weight excluding hydrogens is 259 g/mol. The third-order valence-electron chi connectivity index (χ3n) is 1.97. The Bertz CT molecular complexity index is 403. The van der Waals surface area contributed by atoms with E-state index < -0.39 is 25.0 Å². The molecule has 0 aliphatic rings. The van der Waals surface area contributed by atoms with Gasteiger partial charge >= 0.3 is 6.18 Å². The fraction of sp³-hybridized carbons (Fsp3) is 0.556. The van der Waals surface area contributed by atoms with Crippen molar-refractivity contribution < 1.29 is 18.0 Å². The van der Waals surface area contributed by atoms with Gasteiger partial charge in [-0.15, -0.1) is 0 Å². The third kappa shape index (κ3) is 4.01. The highest BCUT2D eigenvalue weighted by atomic mass is 35.5. The first-order chi connectivity index (χ1) is 7.85. The Labute approximate surface area is 101 Å². The molecule has 0 aromatic carbocycles. The molecule has 96 valence electrons. The van der Waals surface area contributed by atoms with Gasteiger partial charge in [0.15, 0.2) is 5.78 Å². The van der Waals surface area contributed by atoms with Gasteiger partial charge in [-0.3, -0.25) is 9.48 Å². The summed E-state index contributed by atoms with van der Waals surface area (Å²) in [7, 11) is 0. The number of hydrogen-bond acceptors (Lipinski definition) is 3. The molecule has 1 aromatic rings. The molecule has 0 saturated heterocycles. The first-order valence-corrected chi connectivity index (χ1v) is 5.25. The van der Waals surface area contributed by atoms with E-state index in [0.717, 1.165) is 0 Å². The number of ketones is 1. The lowest BCUT2D eigenvalue weighted by Crippen LogP contribution is -2.33. The van der Waals surface area contributed by atoms with Gasteiger partial charge in [0, 0.05) is 6.54 Å². The zero-order valence-electron chi connectivity index (χ0n) is 9.01. The van der Waals surface area contributed by atoms with Gasteiger partial charge < -0.3 is 5.32 Å². The van der Waals surface area contributed by atoms with Crippen LogP contribution in [0.4, 0.5) is 13.2 Å². The Morgan fingerprint density at radius 3 is 2.76 bits per heavy atom. The summed E-state index contributed by atoms with van der Waals surface area (Å²) in [5, 5.41) is 5.99. The minimum Gasteiger partial charge on any atom is -0.301 e. The van der Waals surface area contributed by atoms with E-state index in [0.29, 0.717) is 6.54 Å². The van der Waals surface area contributed by atoms with Gasteiger partial charge in [-0.05, 0) is 6.92 Å². The van der Waals surface area contributed by atoms with Gasteiger partial charge in [0.25, 0.3) is 0 Å². The molecule has 0 unspecified atom stereocenters. The fourth-order valence-electron chi connectivity index (χ4n) is 1.28. The Morgan fingerprint density at radius 2 is 2.24 bits per heavy atom. The Balaban J connectivity index is 2.61. The molecule has 0 aliphatic heterocycles. The molecule has 0 spiro atoms. The van der Waals surface area contributed by atoms with Gasteiger partial charge in [0.1, 0.15) is 5.69 Å². The van der Waals surface area contributed by atoms with E-state index >= 15 is 0 Å². The van der Waals surface area contributed by atoms with Crippen LogP contribution in [0, 0.1) is 0 Å². The van der Waals surface area contributed by atoms with Crippen LogP contribution in [0.3, 0.4) is 0 Å². The van der Waals surface area contributed by atoms with Crippen molar-refractivity contribution in [3.05, 3.63) is 16.9 Å². The van der Waals surface area contributed by atoms with E-state index in [1.165, 1.54) is 10.9 Å². The molecule has 1 aromatic heterocycles. The van der Waals surface area contributed by atoms with E-state index in [9.17, 15) is 18.0 Å². The lowest BCUT2D eigenvalue weighted by Gasteiger charge is -2.08. The molecule has 0 atom stereocenters. The average Bonchev–Trinajstić information content (AvgIpc) is 2.57. The molecule has 4 nitrogen and oxygen atoms in total. The summed E-state index contributed by atoms with van der Waals surface area (Å²) < 4.78 is 36.9. The summed E-state index contributed by atoms with van der Waals surface area (Å²) in [4.78, 5) is 11.6. The van der Waals surface area contributed by atoms with Crippen LogP contribution >= 0.6 is 11.6 Å². The van der Waals surface area contributed by atoms with Crippen molar-refractivity contribution in [2.75, 3.05) is 13.1 Å². The van der Waals surface area contributed by atoms with Crippen molar-refractivity contribution >= 4 is 17.4 Å². The lowest BCUT2D eigenvalue weighted by atomic mass is 10.3. The quantitative estimate of drug-likeness (QED) is 0.831. The molecule has 0 aliphatic carbocycles. The number of carbonyl (C=O) groups is 1. The van der Waals surface area contributed by atoms with Crippen molar-refractivity contribution in [1.82, 2.24) is 15.1 Å². The van der Waals surface area contributed by atoms with Gasteiger partial charge in [0.2, 0.25) is 0 Å². The SMILES string of the molecule is CCn1ncc(Cl)c1C(=O)CNCC(F)(F)F. The number of halogens is 4. The monoisotopic (exact) mass is 269 g/mol. The van der Waals surface area contributed by atoms with Crippen LogP contribution < -0.4 is 5.32 Å². The van der Waals surface area contributed by atoms with Crippen LogP contribution in [-0.4, -0.2) is 34.8 Å². The standard InChI is InChI=1S/C9H11ClF3N3O/c1-2-16-8(6(10)3-15-16)7(17)4-14-5-9(11,12)13/h3,14H,2,4-5H2,1H3. The molecule has 1 N–H and O–H groups in total. The Hall–Kier alpha value is -1.08. The van der Waals surface area contributed by atoms with E-state index in [2.05, 4.69) is 5.10 Å². The van der Waals surface area contributed by atoms with Gasteiger partial charge in [-0.25, -0.2) is 0 Å². The number of alkyl halides is 3. The molecule has 0 saturated carbocycles. The summed E-state index contributed by atoms with van der Waals surface area (Å²) in [6.45, 7) is 0.540. The second-order valence-corrected chi connectivity index (χ2v) is 3.71. The van der Waals surface area contributed by atoms with Gasteiger partial charge in [0.05, 0.1) is 24.3 Å². The van der Waals surface area contributed by atoms with Crippen LogP contribution in [0.2, 0.25) is 5.02 Å². The lowest BCUT2D eigenvalue weighted by molar-refractivity contribution is -0.124. The highest BCUT2D eigenvalue weighted by Gasteiger charge is 2.27. The van der Waals surface area contributed by atoms with Crippen LogP contribution in [0.15, 0.2) is 6.20 Å².